The van der Waals surface area contributed by atoms with Gasteiger partial charge in [0.2, 0.25) is 0 Å². The van der Waals surface area contributed by atoms with Crippen LogP contribution in [-0.2, 0) is 11.3 Å². The minimum absolute atomic E-state index is 0.000271. The van der Waals surface area contributed by atoms with Gasteiger partial charge >= 0.3 is 6.03 Å². The molecule has 0 saturated carbocycles. The second-order valence-electron chi connectivity index (χ2n) is 6.07. The van der Waals surface area contributed by atoms with Gasteiger partial charge in [0.05, 0.1) is 12.7 Å². The third kappa shape index (κ3) is 6.19. The van der Waals surface area contributed by atoms with Gasteiger partial charge in [-0.2, -0.15) is 0 Å². The number of hydrogen-bond donors (Lipinski definition) is 4. The van der Waals surface area contributed by atoms with Crippen LogP contribution in [0.15, 0.2) is 48.5 Å². The SMILES string of the molecule is CNC(=O)c1ccc(C[NH+](C)CC(=O)NC(=O)Nc2ccccc2F)cc1. The van der Waals surface area contributed by atoms with Crippen molar-refractivity contribution in [1.29, 1.82) is 0 Å². The molecule has 142 valence electrons. The Hall–Kier alpha value is -3.26. The van der Waals surface area contributed by atoms with Gasteiger partial charge in [-0.1, -0.05) is 24.3 Å². The van der Waals surface area contributed by atoms with Crippen LogP contribution in [0, 0.1) is 5.82 Å². The van der Waals surface area contributed by atoms with Crippen molar-refractivity contribution in [2.24, 2.45) is 0 Å². The van der Waals surface area contributed by atoms with Crippen LogP contribution in [0.5, 0.6) is 0 Å². The number of carbonyl (C=O) groups is 3. The summed E-state index contributed by atoms with van der Waals surface area (Å²) in [5.74, 6) is -1.23. The van der Waals surface area contributed by atoms with Crippen molar-refractivity contribution in [2.45, 2.75) is 6.54 Å². The average molecular weight is 373 g/mol. The van der Waals surface area contributed by atoms with Gasteiger partial charge in [0.15, 0.2) is 6.54 Å². The van der Waals surface area contributed by atoms with Gasteiger partial charge in [-0.15, -0.1) is 0 Å². The molecule has 0 aromatic heterocycles. The smallest absolute Gasteiger partial charge is 0.326 e. The zero-order valence-electron chi connectivity index (χ0n) is 15.1. The standard InChI is InChI=1S/C19H21FN4O3/c1-21-18(26)14-9-7-13(8-10-14)11-24(2)12-17(25)23-19(27)22-16-6-4-3-5-15(16)20/h3-10H,11-12H2,1-2H3,(H,21,26)(H2,22,23,25,27)/p+1. The van der Waals surface area contributed by atoms with E-state index in [1.165, 1.54) is 18.2 Å². The van der Waals surface area contributed by atoms with E-state index in [0.29, 0.717) is 12.1 Å². The first-order valence-corrected chi connectivity index (χ1v) is 8.36. The number of para-hydroxylation sites is 1. The third-order valence-electron chi connectivity index (χ3n) is 3.79. The van der Waals surface area contributed by atoms with Crippen molar-refractivity contribution in [3.8, 4) is 0 Å². The molecular weight excluding hydrogens is 351 g/mol. The summed E-state index contributed by atoms with van der Waals surface area (Å²) in [6.07, 6.45) is 0. The van der Waals surface area contributed by atoms with Crippen LogP contribution in [-0.4, -0.2) is 38.5 Å². The van der Waals surface area contributed by atoms with E-state index in [1.54, 1.807) is 32.3 Å². The van der Waals surface area contributed by atoms with Gasteiger partial charge in [-0.05, 0) is 24.3 Å². The fourth-order valence-electron chi connectivity index (χ4n) is 2.49. The largest absolute Gasteiger partial charge is 0.355 e. The van der Waals surface area contributed by atoms with Crippen LogP contribution in [0.4, 0.5) is 14.9 Å². The summed E-state index contributed by atoms with van der Waals surface area (Å²) < 4.78 is 13.5. The summed E-state index contributed by atoms with van der Waals surface area (Å²) >= 11 is 0. The molecule has 2 aromatic rings. The molecule has 0 aliphatic heterocycles. The summed E-state index contributed by atoms with van der Waals surface area (Å²) in [5.41, 5.74) is 1.50. The number of anilines is 1. The average Bonchev–Trinajstić information content (AvgIpc) is 2.63. The van der Waals surface area contributed by atoms with Crippen LogP contribution >= 0.6 is 0 Å². The molecule has 7 nitrogen and oxygen atoms in total. The summed E-state index contributed by atoms with van der Waals surface area (Å²) in [6.45, 7) is 0.596. The second-order valence-corrected chi connectivity index (χ2v) is 6.07. The lowest BCUT2D eigenvalue weighted by Crippen LogP contribution is -3.09. The molecule has 2 rings (SSSR count). The van der Waals surface area contributed by atoms with E-state index in [9.17, 15) is 18.8 Å². The molecule has 0 saturated heterocycles. The highest BCUT2D eigenvalue weighted by Crippen LogP contribution is 2.11. The number of urea groups is 1. The molecule has 27 heavy (non-hydrogen) atoms. The predicted octanol–water partition coefficient (Wildman–Crippen LogP) is 0.548. The molecule has 0 spiro atoms. The van der Waals surface area contributed by atoms with Crippen molar-refractivity contribution in [1.82, 2.24) is 10.6 Å². The lowest BCUT2D eigenvalue weighted by molar-refractivity contribution is -0.885. The molecular formula is C19H22FN4O3+. The monoisotopic (exact) mass is 373 g/mol. The maximum absolute atomic E-state index is 13.5. The lowest BCUT2D eigenvalue weighted by Gasteiger charge is -2.14. The van der Waals surface area contributed by atoms with Crippen LogP contribution < -0.4 is 20.9 Å². The van der Waals surface area contributed by atoms with Crippen LogP contribution in [0.3, 0.4) is 0 Å². The Morgan fingerprint density at radius 1 is 1.04 bits per heavy atom. The molecule has 0 fully saturated rings. The highest BCUT2D eigenvalue weighted by atomic mass is 19.1. The molecule has 0 bridgehead atoms. The summed E-state index contributed by atoms with van der Waals surface area (Å²) in [4.78, 5) is 36.1. The molecule has 1 unspecified atom stereocenters. The third-order valence-corrected chi connectivity index (χ3v) is 3.79. The summed E-state index contributed by atoms with van der Waals surface area (Å²) in [6, 6.07) is 12.0. The Balaban J connectivity index is 1.82. The van der Waals surface area contributed by atoms with Crippen LogP contribution in [0.2, 0.25) is 0 Å². The zero-order chi connectivity index (χ0) is 19.8. The quantitative estimate of drug-likeness (QED) is 0.596. The molecule has 0 aliphatic carbocycles. The first kappa shape index (κ1) is 20.1. The van der Waals surface area contributed by atoms with Gasteiger partial charge in [0, 0.05) is 18.2 Å². The van der Waals surface area contributed by atoms with E-state index < -0.39 is 17.8 Å². The summed E-state index contributed by atoms with van der Waals surface area (Å²) in [7, 11) is 3.37. The topological polar surface area (TPSA) is 91.7 Å². The highest BCUT2D eigenvalue weighted by molar-refractivity contribution is 6.01. The lowest BCUT2D eigenvalue weighted by atomic mass is 10.1. The highest BCUT2D eigenvalue weighted by Gasteiger charge is 2.15. The van der Waals surface area contributed by atoms with E-state index in [4.69, 9.17) is 0 Å². The predicted molar refractivity (Wildman–Crippen MR) is 98.9 cm³/mol. The Morgan fingerprint density at radius 3 is 2.33 bits per heavy atom. The Morgan fingerprint density at radius 2 is 1.70 bits per heavy atom. The minimum atomic E-state index is -0.784. The molecule has 4 amide bonds. The van der Waals surface area contributed by atoms with Crippen molar-refractivity contribution < 1.29 is 23.7 Å². The number of imide groups is 1. The van der Waals surface area contributed by atoms with Gasteiger partial charge in [0.1, 0.15) is 12.4 Å². The van der Waals surface area contributed by atoms with Gasteiger partial charge in [-0.25, -0.2) is 9.18 Å². The second kappa shape index (κ2) is 9.44. The fourth-order valence-corrected chi connectivity index (χ4v) is 2.49. The maximum Gasteiger partial charge on any atom is 0.326 e. The molecule has 2 aromatic carbocycles. The van der Waals surface area contributed by atoms with Crippen molar-refractivity contribution in [2.75, 3.05) is 26.0 Å². The maximum atomic E-state index is 13.5. The van der Waals surface area contributed by atoms with E-state index >= 15 is 0 Å². The molecule has 1 atom stereocenters. The minimum Gasteiger partial charge on any atom is -0.355 e. The van der Waals surface area contributed by atoms with Crippen molar-refractivity contribution in [3.63, 3.8) is 0 Å². The first-order valence-electron chi connectivity index (χ1n) is 8.36. The number of halogens is 1. The Bertz CT molecular complexity index is 824. The van der Waals surface area contributed by atoms with E-state index in [1.807, 2.05) is 12.1 Å². The zero-order valence-corrected chi connectivity index (χ0v) is 15.1. The number of amides is 4. The summed E-state index contributed by atoms with van der Waals surface area (Å²) in [5, 5.41) is 7.02. The normalized spacial score (nSPS) is 11.4. The number of carbonyl (C=O) groups excluding carboxylic acids is 3. The number of likely N-dealkylation sites (N-methyl/N-ethyl adjacent to an activating group) is 1. The number of benzene rings is 2. The van der Waals surface area contributed by atoms with Crippen molar-refractivity contribution in [3.05, 3.63) is 65.5 Å². The van der Waals surface area contributed by atoms with Crippen molar-refractivity contribution >= 4 is 23.5 Å². The fraction of sp³-hybridized carbons (Fsp3) is 0.211. The van der Waals surface area contributed by atoms with Crippen LogP contribution in [0.25, 0.3) is 0 Å². The van der Waals surface area contributed by atoms with Gasteiger partial charge in [0.25, 0.3) is 11.8 Å². The van der Waals surface area contributed by atoms with E-state index in [0.717, 1.165) is 10.5 Å². The number of rotatable bonds is 6. The van der Waals surface area contributed by atoms with E-state index in [-0.39, 0.29) is 18.1 Å². The molecule has 8 heteroatoms. The van der Waals surface area contributed by atoms with Crippen LogP contribution in [0.1, 0.15) is 15.9 Å². The number of quaternary nitrogens is 1. The first-order chi connectivity index (χ1) is 12.9. The molecule has 0 radical (unpaired) electrons. The molecule has 0 heterocycles. The van der Waals surface area contributed by atoms with E-state index in [2.05, 4.69) is 16.0 Å². The number of nitrogens with one attached hydrogen (secondary N) is 4. The van der Waals surface area contributed by atoms with Gasteiger partial charge < -0.3 is 15.5 Å². The number of hydrogen-bond acceptors (Lipinski definition) is 3. The van der Waals surface area contributed by atoms with Gasteiger partial charge in [-0.3, -0.25) is 14.9 Å². The molecule has 0 aliphatic rings. The Labute approximate surface area is 156 Å². The molecule has 4 N–H and O–H groups in total. The Kier molecular flexibility index (Phi) is 7.01.